The van der Waals surface area contributed by atoms with Crippen molar-refractivity contribution in [2.24, 2.45) is 0 Å². The molecule has 2 aliphatic rings. The summed E-state index contributed by atoms with van der Waals surface area (Å²) in [5.41, 5.74) is 1.34. The lowest BCUT2D eigenvalue weighted by molar-refractivity contribution is -0.150. The summed E-state index contributed by atoms with van der Waals surface area (Å²) in [5.74, 6) is 0.148. The molecule has 20 heavy (non-hydrogen) atoms. The quantitative estimate of drug-likeness (QED) is 0.837. The van der Waals surface area contributed by atoms with Crippen LogP contribution in [0, 0.1) is 0 Å². The standard InChI is InChI=1S/C16H22N2O2/c1-13-9-18(16(19)12-20-13)15-7-8-17(11-15)10-14-5-3-2-4-6-14/h2-6,13,15H,7-12H2,1H3/t13-,15+/m0/s1. The van der Waals surface area contributed by atoms with Crippen LogP contribution in [0.5, 0.6) is 0 Å². The van der Waals surface area contributed by atoms with E-state index < -0.39 is 0 Å². The molecule has 1 aromatic carbocycles. The highest BCUT2D eigenvalue weighted by atomic mass is 16.5. The van der Waals surface area contributed by atoms with Crippen LogP contribution in [0.4, 0.5) is 0 Å². The van der Waals surface area contributed by atoms with Gasteiger partial charge >= 0.3 is 0 Å². The molecule has 0 aliphatic carbocycles. The molecule has 4 nitrogen and oxygen atoms in total. The molecule has 2 fully saturated rings. The lowest BCUT2D eigenvalue weighted by Crippen LogP contribution is -2.51. The van der Waals surface area contributed by atoms with Gasteiger partial charge in [0.05, 0.1) is 6.10 Å². The smallest absolute Gasteiger partial charge is 0.248 e. The molecule has 0 N–H and O–H groups in total. The summed E-state index contributed by atoms with van der Waals surface area (Å²) >= 11 is 0. The molecule has 3 rings (SSSR count). The molecule has 0 bridgehead atoms. The van der Waals surface area contributed by atoms with E-state index in [1.165, 1.54) is 5.56 Å². The molecular weight excluding hydrogens is 252 g/mol. The molecule has 2 aliphatic heterocycles. The lowest BCUT2D eigenvalue weighted by atomic mass is 10.2. The van der Waals surface area contributed by atoms with Gasteiger partial charge in [-0.05, 0) is 18.9 Å². The van der Waals surface area contributed by atoms with E-state index in [0.29, 0.717) is 6.04 Å². The fourth-order valence-electron chi connectivity index (χ4n) is 3.13. The fourth-order valence-corrected chi connectivity index (χ4v) is 3.13. The summed E-state index contributed by atoms with van der Waals surface area (Å²) in [4.78, 5) is 16.4. The molecule has 0 spiro atoms. The summed E-state index contributed by atoms with van der Waals surface area (Å²) in [5, 5.41) is 0. The molecule has 0 radical (unpaired) electrons. The molecule has 0 saturated carbocycles. The first kappa shape index (κ1) is 13.6. The van der Waals surface area contributed by atoms with Gasteiger partial charge in [-0.3, -0.25) is 9.69 Å². The van der Waals surface area contributed by atoms with E-state index in [-0.39, 0.29) is 18.6 Å². The first-order valence-electron chi connectivity index (χ1n) is 7.40. The van der Waals surface area contributed by atoms with Crippen LogP contribution >= 0.6 is 0 Å². The number of carbonyl (C=O) groups is 1. The van der Waals surface area contributed by atoms with E-state index in [4.69, 9.17) is 4.74 Å². The maximum Gasteiger partial charge on any atom is 0.248 e. The Morgan fingerprint density at radius 2 is 2.05 bits per heavy atom. The largest absolute Gasteiger partial charge is 0.367 e. The molecule has 2 saturated heterocycles. The molecule has 1 aromatic rings. The minimum absolute atomic E-state index is 0.148. The first-order valence-corrected chi connectivity index (χ1v) is 7.40. The minimum Gasteiger partial charge on any atom is -0.367 e. The van der Waals surface area contributed by atoms with Crippen LogP contribution in [0.15, 0.2) is 30.3 Å². The van der Waals surface area contributed by atoms with Crippen molar-refractivity contribution in [3.8, 4) is 0 Å². The number of hydrogen-bond donors (Lipinski definition) is 0. The van der Waals surface area contributed by atoms with E-state index in [0.717, 1.165) is 32.6 Å². The number of likely N-dealkylation sites (tertiary alicyclic amines) is 1. The Kier molecular flexibility index (Phi) is 4.03. The summed E-state index contributed by atoms with van der Waals surface area (Å²) in [7, 11) is 0. The van der Waals surface area contributed by atoms with Crippen LogP contribution in [0.25, 0.3) is 0 Å². The predicted octanol–water partition coefficient (Wildman–Crippen LogP) is 1.51. The predicted molar refractivity (Wildman–Crippen MR) is 77.3 cm³/mol. The van der Waals surface area contributed by atoms with E-state index >= 15 is 0 Å². The molecular formula is C16H22N2O2. The van der Waals surface area contributed by atoms with Crippen molar-refractivity contribution in [2.75, 3.05) is 26.2 Å². The van der Waals surface area contributed by atoms with Crippen LogP contribution < -0.4 is 0 Å². The monoisotopic (exact) mass is 274 g/mol. The number of morpholine rings is 1. The van der Waals surface area contributed by atoms with Gasteiger partial charge in [-0.1, -0.05) is 30.3 Å². The minimum atomic E-state index is 0.148. The topological polar surface area (TPSA) is 32.8 Å². The van der Waals surface area contributed by atoms with Gasteiger partial charge in [0.25, 0.3) is 0 Å². The highest BCUT2D eigenvalue weighted by Crippen LogP contribution is 2.20. The maximum absolute atomic E-state index is 12.0. The van der Waals surface area contributed by atoms with Crippen LogP contribution in [-0.4, -0.2) is 54.1 Å². The van der Waals surface area contributed by atoms with Gasteiger partial charge in [-0.15, -0.1) is 0 Å². The van der Waals surface area contributed by atoms with Gasteiger partial charge in [-0.25, -0.2) is 0 Å². The Bertz CT molecular complexity index is 463. The van der Waals surface area contributed by atoms with Gasteiger partial charge in [-0.2, -0.15) is 0 Å². The zero-order valence-electron chi connectivity index (χ0n) is 12.0. The van der Waals surface area contributed by atoms with Gasteiger partial charge in [0.2, 0.25) is 5.91 Å². The number of amides is 1. The van der Waals surface area contributed by atoms with Gasteiger partial charge in [0.15, 0.2) is 0 Å². The number of benzene rings is 1. The summed E-state index contributed by atoms with van der Waals surface area (Å²) < 4.78 is 5.40. The molecule has 4 heteroatoms. The van der Waals surface area contributed by atoms with Gasteiger partial charge in [0, 0.05) is 32.2 Å². The maximum atomic E-state index is 12.0. The fraction of sp³-hybridized carbons (Fsp3) is 0.562. The van der Waals surface area contributed by atoms with E-state index in [9.17, 15) is 4.79 Å². The van der Waals surface area contributed by atoms with Gasteiger partial charge in [0.1, 0.15) is 6.61 Å². The Labute approximate surface area is 120 Å². The summed E-state index contributed by atoms with van der Waals surface area (Å²) in [6.45, 7) is 6.05. The van der Waals surface area contributed by atoms with E-state index in [1.807, 2.05) is 17.9 Å². The lowest BCUT2D eigenvalue weighted by Gasteiger charge is -2.35. The Hall–Kier alpha value is -1.39. The average molecular weight is 274 g/mol. The summed E-state index contributed by atoms with van der Waals surface area (Å²) in [6, 6.07) is 10.9. The van der Waals surface area contributed by atoms with Crippen LogP contribution in [-0.2, 0) is 16.1 Å². The molecule has 1 amide bonds. The second-order valence-electron chi connectivity index (χ2n) is 5.83. The molecule has 0 unspecified atom stereocenters. The van der Waals surface area contributed by atoms with E-state index in [1.54, 1.807) is 0 Å². The van der Waals surface area contributed by atoms with Crippen molar-refractivity contribution in [3.63, 3.8) is 0 Å². The van der Waals surface area contributed by atoms with E-state index in [2.05, 4.69) is 29.2 Å². The van der Waals surface area contributed by atoms with Crippen molar-refractivity contribution in [2.45, 2.75) is 32.0 Å². The third-order valence-electron chi connectivity index (χ3n) is 4.20. The van der Waals surface area contributed by atoms with Crippen LogP contribution in [0.2, 0.25) is 0 Å². The average Bonchev–Trinajstić information content (AvgIpc) is 2.91. The molecule has 108 valence electrons. The molecule has 2 atom stereocenters. The SMILES string of the molecule is C[C@H]1CN([C@@H]2CCN(Cc3ccccc3)C2)C(=O)CO1. The Morgan fingerprint density at radius 3 is 2.85 bits per heavy atom. The first-order chi connectivity index (χ1) is 9.72. The second-order valence-corrected chi connectivity index (χ2v) is 5.83. The van der Waals surface area contributed by atoms with Crippen molar-refractivity contribution in [3.05, 3.63) is 35.9 Å². The van der Waals surface area contributed by atoms with Crippen molar-refractivity contribution in [1.29, 1.82) is 0 Å². The highest BCUT2D eigenvalue weighted by molar-refractivity contribution is 5.78. The number of carbonyl (C=O) groups excluding carboxylic acids is 1. The third kappa shape index (κ3) is 3.02. The second kappa shape index (κ2) is 5.94. The molecule has 2 heterocycles. The zero-order valence-corrected chi connectivity index (χ0v) is 12.0. The van der Waals surface area contributed by atoms with Crippen molar-refractivity contribution < 1.29 is 9.53 Å². The van der Waals surface area contributed by atoms with Crippen molar-refractivity contribution >= 4 is 5.91 Å². The highest BCUT2D eigenvalue weighted by Gasteiger charge is 2.34. The Balaban J connectivity index is 1.57. The van der Waals surface area contributed by atoms with Crippen LogP contribution in [0.3, 0.4) is 0 Å². The number of rotatable bonds is 3. The normalized spacial score (nSPS) is 28.1. The zero-order chi connectivity index (χ0) is 13.9. The number of hydrogen-bond acceptors (Lipinski definition) is 3. The number of nitrogens with zero attached hydrogens (tertiary/aromatic N) is 2. The molecule has 0 aromatic heterocycles. The number of ether oxygens (including phenoxy) is 1. The third-order valence-corrected chi connectivity index (χ3v) is 4.20. The van der Waals surface area contributed by atoms with Crippen LogP contribution in [0.1, 0.15) is 18.9 Å². The van der Waals surface area contributed by atoms with Crippen molar-refractivity contribution in [1.82, 2.24) is 9.80 Å². The van der Waals surface area contributed by atoms with Gasteiger partial charge < -0.3 is 9.64 Å². The Morgan fingerprint density at radius 1 is 1.25 bits per heavy atom. The summed E-state index contributed by atoms with van der Waals surface area (Å²) in [6.07, 6.45) is 1.24.